The molecule has 0 amide bonds. The molecule has 11 heteroatoms. The molecule has 0 fully saturated rings. The van der Waals surface area contributed by atoms with Crippen LogP contribution in [-0.4, -0.2) is 33.4 Å². The molecule has 1 aliphatic rings. The third-order valence-electron chi connectivity index (χ3n) is 5.89. The minimum absolute atomic E-state index is 0.0697. The van der Waals surface area contributed by atoms with Crippen molar-refractivity contribution in [3.63, 3.8) is 0 Å². The maximum absolute atomic E-state index is 13.4. The highest BCUT2D eigenvalue weighted by molar-refractivity contribution is 5.78. The molecule has 3 N–H and O–H groups in total. The number of aromatic nitrogens is 4. The lowest BCUT2D eigenvalue weighted by Gasteiger charge is -2.19. The number of hydrogen-bond acceptors (Lipinski definition) is 7. The van der Waals surface area contributed by atoms with Crippen LogP contribution >= 0.6 is 0 Å². The van der Waals surface area contributed by atoms with Crippen molar-refractivity contribution in [2.75, 3.05) is 24.3 Å². The Morgan fingerprint density at radius 1 is 1.03 bits per heavy atom. The van der Waals surface area contributed by atoms with Crippen LogP contribution in [0.3, 0.4) is 0 Å². The van der Waals surface area contributed by atoms with Crippen molar-refractivity contribution in [1.82, 2.24) is 25.1 Å². The first-order valence-corrected chi connectivity index (χ1v) is 11.3. The zero-order valence-electron chi connectivity index (χ0n) is 19.6. The van der Waals surface area contributed by atoms with Crippen LogP contribution in [0.5, 0.6) is 5.75 Å². The van der Waals surface area contributed by atoms with Crippen molar-refractivity contribution >= 4 is 23.1 Å². The number of ether oxygens (including phenoxy) is 1. The topological polar surface area (TPSA) is 88.9 Å². The second kappa shape index (κ2) is 9.50. The van der Waals surface area contributed by atoms with Crippen LogP contribution in [0.1, 0.15) is 16.7 Å². The third kappa shape index (κ3) is 5.10. The number of halogens is 3. The Morgan fingerprint density at radius 2 is 1.89 bits per heavy atom. The van der Waals surface area contributed by atoms with Crippen LogP contribution < -0.4 is 20.7 Å². The zero-order chi connectivity index (χ0) is 25.3. The molecule has 186 valence electrons. The van der Waals surface area contributed by atoms with Gasteiger partial charge in [-0.1, -0.05) is 6.07 Å². The van der Waals surface area contributed by atoms with Crippen molar-refractivity contribution < 1.29 is 17.9 Å². The van der Waals surface area contributed by atoms with Gasteiger partial charge in [-0.3, -0.25) is 4.68 Å². The third-order valence-corrected chi connectivity index (χ3v) is 5.89. The minimum atomic E-state index is -4.52. The van der Waals surface area contributed by atoms with Gasteiger partial charge in [-0.25, -0.2) is 4.98 Å². The van der Waals surface area contributed by atoms with Gasteiger partial charge in [0, 0.05) is 54.6 Å². The quantitative estimate of drug-likeness (QED) is 0.346. The zero-order valence-corrected chi connectivity index (χ0v) is 19.6. The first-order valence-electron chi connectivity index (χ1n) is 11.3. The van der Waals surface area contributed by atoms with Crippen molar-refractivity contribution in [2.45, 2.75) is 19.1 Å². The molecule has 3 heterocycles. The lowest BCUT2D eigenvalue weighted by molar-refractivity contribution is -0.137. The molecule has 1 aliphatic heterocycles. The van der Waals surface area contributed by atoms with E-state index >= 15 is 0 Å². The van der Waals surface area contributed by atoms with E-state index in [1.165, 1.54) is 24.3 Å². The number of rotatable bonds is 6. The Balaban J connectivity index is 1.51. The highest BCUT2D eigenvalue weighted by Gasteiger charge is 2.31. The van der Waals surface area contributed by atoms with Crippen LogP contribution in [0.2, 0.25) is 0 Å². The van der Waals surface area contributed by atoms with E-state index in [0.717, 1.165) is 42.9 Å². The molecule has 2 aromatic carbocycles. The predicted octanol–water partition coefficient (Wildman–Crippen LogP) is 5.04. The molecule has 0 atom stereocenters. The average Bonchev–Trinajstić information content (AvgIpc) is 3.29. The van der Waals surface area contributed by atoms with Gasteiger partial charge >= 0.3 is 6.18 Å². The molecule has 8 nitrogen and oxygen atoms in total. The first kappa shape index (κ1) is 23.6. The van der Waals surface area contributed by atoms with Gasteiger partial charge in [0.2, 0.25) is 5.95 Å². The molecule has 4 aromatic rings. The smallest absolute Gasteiger partial charge is 0.416 e. The SMILES string of the molecule is COc1cc(Nc2ncc(-c3cnn(C)c3)c(Nc3ccc4c(c3)CNCC4)n2)cc(C(F)(F)F)c1. The van der Waals surface area contributed by atoms with E-state index in [2.05, 4.69) is 43.1 Å². The van der Waals surface area contributed by atoms with Gasteiger partial charge in [0.05, 0.1) is 18.9 Å². The molecular formula is C25H24F3N7O. The summed E-state index contributed by atoms with van der Waals surface area (Å²) in [6.07, 6.45) is 1.60. The molecule has 5 rings (SSSR count). The number of anilines is 4. The molecule has 0 unspecified atom stereocenters. The standard InChI is InChI=1S/C25H24F3N7O/c1-35-14-17(12-31-35)22-13-30-24(33-20-8-18(25(26,27)28)9-21(10-20)36-2)34-23(22)32-19-4-3-15-5-6-29-11-16(15)7-19/h3-4,7-10,12-14,29H,5-6,11H2,1-2H3,(H2,30,32,33,34). The summed E-state index contributed by atoms with van der Waals surface area (Å²) in [6, 6.07) is 9.54. The minimum Gasteiger partial charge on any atom is -0.497 e. The molecule has 2 aromatic heterocycles. The lowest BCUT2D eigenvalue weighted by atomic mass is 10.0. The number of nitrogens with one attached hydrogen (secondary N) is 3. The summed E-state index contributed by atoms with van der Waals surface area (Å²) in [5.74, 6) is 0.689. The van der Waals surface area contributed by atoms with Crippen molar-refractivity contribution in [3.05, 3.63) is 71.7 Å². The number of fused-ring (bicyclic) bond motifs is 1. The molecular weight excluding hydrogens is 471 g/mol. The van der Waals surface area contributed by atoms with Crippen LogP contribution in [0.15, 0.2) is 55.0 Å². The summed E-state index contributed by atoms with van der Waals surface area (Å²) in [4.78, 5) is 8.95. The van der Waals surface area contributed by atoms with Gasteiger partial charge in [0.25, 0.3) is 0 Å². The molecule has 0 saturated heterocycles. The normalized spacial score (nSPS) is 13.2. The Labute approximate surface area is 205 Å². The Hall–Kier alpha value is -4.12. The summed E-state index contributed by atoms with van der Waals surface area (Å²) in [5, 5.41) is 13.8. The van der Waals surface area contributed by atoms with Gasteiger partial charge in [-0.15, -0.1) is 0 Å². The van der Waals surface area contributed by atoms with E-state index in [4.69, 9.17) is 4.74 Å². The summed E-state index contributed by atoms with van der Waals surface area (Å²) >= 11 is 0. The fourth-order valence-electron chi connectivity index (χ4n) is 4.09. The second-order valence-electron chi connectivity index (χ2n) is 8.47. The highest BCUT2D eigenvalue weighted by Crippen LogP contribution is 2.35. The van der Waals surface area contributed by atoms with E-state index in [9.17, 15) is 13.2 Å². The largest absolute Gasteiger partial charge is 0.497 e. The summed E-state index contributed by atoms with van der Waals surface area (Å²) in [6.45, 7) is 1.74. The molecule has 0 aliphatic carbocycles. The predicted molar refractivity (Wildman–Crippen MR) is 131 cm³/mol. The van der Waals surface area contributed by atoms with E-state index in [-0.39, 0.29) is 17.4 Å². The summed E-state index contributed by atoms with van der Waals surface area (Å²) < 4.78 is 46.8. The van der Waals surface area contributed by atoms with Crippen molar-refractivity contribution in [3.8, 4) is 16.9 Å². The molecule has 0 saturated carbocycles. The van der Waals surface area contributed by atoms with E-state index in [1.807, 2.05) is 19.3 Å². The highest BCUT2D eigenvalue weighted by atomic mass is 19.4. The van der Waals surface area contributed by atoms with Gasteiger partial charge in [0.1, 0.15) is 11.6 Å². The Bertz CT molecular complexity index is 1400. The number of nitrogens with zero attached hydrogens (tertiary/aromatic N) is 4. The maximum Gasteiger partial charge on any atom is 0.416 e. The molecule has 0 spiro atoms. The van der Waals surface area contributed by atoms with E-state index < -0.39 is 11.7 Å². The summed E-state index contributed by atoms with van der Waals surface area (Å²) in [5.41, 5.74) is 4.16. The van der Waals surface area contributed by atoms with E-state index in [0.29, 0.717) is 11.4 Å². The van der Waals surface area contributed by atoms with Gasteiger partial charge < -0.3 is 20.7 Å². The first-order chi connectivity index (χ1) is 17.3. The second-order valence-corrected chi connectivity index (χ2v) is 8.47. The number of benzene rings is 2. The fraction of sp³-hybridized carbons (Fsp3) is 0.240. The monoisotopic (exact) mass is 495 g/mol. The van der Waals surface area contributed by atoms with Crippen LogP contribution in [-0.2, 0) is 26.2 Å². The Kier molecular flexibility index (Phi) is 6.23. The number of methoxy groups -OCH3 is 1. The van der Waals surface area contributed by atoms with Crippen LogP contribution in [0.4, 0.5) is 36.3 Å². The number of hydrogen-bond donors (Lipinski definition) is 3. The van der Waals surface area contributed by atoms with E-state index in [1.54, 1.807) is 17.1 Å². The molecule has 0 radical (unpaired) electrons. The maximum atomic E-state index is 13.4. The molecule has 36 heavy (non-hydrogen) atoms. The number of aryl methyl sites for hydroxylation is 1. The van der Waals surface area contributed by atoms with Gasteiger partial charge in [-0.2, -0.15) is 23.3 Å². The Morgan fingerprint density at radius 3 is 2.64 bits per heavy atom. The van der Waals surface area contributed by atoms with Crippen molar-refractivity contribution in [2.24, 2.45) is 7.05 Å². The van der Waals surface area contributed by atoms with Gasteiger partial charge in [-0.05, 0) is 48.4 Å². The van der Waals surface area contributed by atoms with Crippen molar-refractivity contribution in [1.29, 1.82) is 0 Å². The average molecular weight is 496 g/mol. The fourth-order valence-corrected chi connectivity index (χ4v) is 4.09. The molecule has 0 bridgehead atoms. The lowest BCUT2D eigenvalue weighted by Crippen LogP contribution is -2.23. The van der Waals surface area contributed by atoms with Crippen LogP contribution in [0.25, 0.3) is 11.1 Å². The number of alkyl halides is 3. The van der Waals surface area contributed by atoms with Gasteiger partial charge in [0.15, 0.2) is 0 Å². The summed E-state index contributed by atoms with van der Waals surface area (Å²) in [7, 11) is 3.12. The van der Waals surface area contributed by atoms with Crippen LogP contribution in [0, 0.1) is 0 Å².